The van der Waals surface area contributed by atoms with Crippen molar-refractivity contribution in [2.24, 2.45) is 0 Å². The number of ketones is 1. The molecule has 1 heterocycles. The normalized spacial score (nSPS) is 19.3. The molecular weight excluding hydrogens is 367 g/mol. The maximum absolute atomic E-state index is 12.4. The van der Waals surface area contributed by atoms with Crippen LogP contribution in [0, 0.1) is 0 Å². The lowest BCUT2D eigenvalue weighted by Gasteiger charge is -2.29. The molecule has 0 bridgehead atoms. The van der Waals surface area contributed by atoms with Gasteiger partial charge in [-0.2, -0.15) is 0 Å². The standard InChI is InChI=1S/C17H26N2O4.2ClH/c1-22-16-4-3-14(13-17(16)23-2)15(21)5-6-18-7-9-19(10-8-18)11-12-20;;/h3-4,13,20H,5-12H2,1-2H3;2*1H. The Bertz CT molecular complexity index is 523. The topological polar surface area (TPSA) is 64.6 Å². The number of hydrogen-bond donors (Lipinski definition) is 3. The number of nitrogens with one attached hydrogen (secondary N) is 2. The molecule has 2 rings (SSSR count). The summed E-state index contributed by atoms with van der Waals surface area (Å²) in [6.07, 6.45) is 0.542. The third-order valence-corrected chi connectivity index (χ3v) is 4.54. The van der Waals surface area contributed by atoms with E-state index in [0.29, 0.717) is 23.5 Å². The maximum Gasteiger partial charge on any atom is 0.168 e. The number of benzene rings is 1. The first-order chi connectivity index (χ1) is 11.2. The Morgan fingerprint density at radius 1 is 1.00 bits per heavy atom. The van der Waals surface area contributed by atoms with Crippen LogP contribution in [0.1, 0.15) is 16.8 Å². The van der Waals surface area contributed by atoms with Crippen molar-refractivity contribution in [2.75, 3.05) is 60.1 Å². The second-order valence-electron chi connectivity index (χ2n) is 5.97. The van der Waals surface area contributed by atoms with E-state index < -0.39 is 0 Å². The molecule has 144 valence electrons. The lowest BCUT2D eigenvalue weighted by molar-refractivity contribution is -1.01. The van der Waals surface area contributed by atoms with E-state index in [1.54, 1.807) is 32.4 Å². The van der Waals surface area contributed by atoms with Gasteiger partial charge >= 0.3 is 0 Å². The summed E-state index contributed by atoms with van der Waals surface area (Å²) in [7, 11) is 3.16. The van der Waals surface area contributed by atoms with Crippen LogP contribution < -0.4 is 44.1 Å². The van der Waals surface area contributed by atoms with Gasteiger partial charge in [-0.25, -0.2) is 0 Å². The van der Waals surface area contributed by atoms with Gasteiger partial charge in [-0.1, -0.05) is 0 Å². The number of aliphatic hydroxyl groups excluding tert-OH is 1. The summed E-state index contributed by atoms with van der Waals surface area (Å²) < 4.78 is 10.4. The predicted octanol–water partition coefficient (Wildman–Crippen LogP) is -7.94. The molecule has 1 saturated heterocycles. The Morgan fingerprint density at radius 2 is 1.56 bits per heavy atom. The van der Waals surface area contributed by atoms with Crippen molar-refractivity contribution in [1.82, 2.24) is 0 Å². The van der Waals surface area contributed by atoms with Crippen molar-refractivity contribution in [1.29, 1.82) is 0 Å². The van der Waals surface area contributed by atoms with Gasteiger partial charge in [-0.05, 0) is 18.2 Å². The second-order valence-corrected chi connectivity index (χ2v) is 5.97. The number of piperazine rings is 1. The van der Waals surface area contributed by atoms with E-state index in [-0.39, 0.29) is 37.2 Å². The summed E-state index contributed by atoms with van der Waals surface area (Å²) in [4.78, 5) is 15.3. The van der Waals surface area contributed by atoms with Crippen LogP contribution in [0.25, 0.3) is 0 Å². The van der Waals surface area contributed by atoms with Gasteiger partial charge in [0.15, 0.2) is 17.3 Å². The average molecular weight is 395 g/mol. The van der Waals surface area contributed by atoms with Gasteiger partial charge in [0.05, 0.1) is 33.8 Å². The Kier molecular flexibility index (Phi) is 11.8. The first-order valence-electron chi connectivity index (χ1n) is 8.21. The molecule has 1 fully saturated rings. The lowest BCUT2D eigenvalue weighted by Crippen LogP contribution is -3.28. The second kappa shape index (κ2) is 12.3. The third kappa shape index (κ3) is 6.99. The number of hydrogen-bond acceptors (Lipinski definition) is 4. The van der Waals surface area contributed by atoms with Gasteiger partial charge < -0.3 is 49.2 Å². The lowest BCUT2D eigenvalue weighted by atomic mass is 10.1. The monoisotopic (exact) mass is 394 g/mol. The van der Waals surface area contributed by atoms with Crippen molar-refractivity contribution in [3.05, 3.63) is 23.8 Å². The van der Waals surface area contributed by atoms with E-state index >= 15 is 0 Å². The van der Waals surface area contributed by atoms with E-state index in [1.165, 1.54) is 9.80 Å². The molecule has 0 radical (unpaired) electrons. The molecule has 0 amide bonds. The van der Waals surface area contributed by atoms with Gasteiger partial charge in [-0.15, -0.1) is 0 Å². The summed E-state index contributed by atoms with van der Waals surface area (Å²) >= 11 is 0. The number of halogens is 2. The van der Waals surface area contributed by atoms with E-state index in [0.717, 1.165) is 39.3 Å². The molecule has 0 aliphatic carbocycles. The van der Waals surface area contributed by atoms with Crippen LogP contribution in [-0.2, 0) is 0 Å². The van der Waals surface area contributed by atoms with Gasteiger partial charge in [-0.3, -0.25) is 4.79 Å². The number of rotatable bonds is 8. The van der Waals surface area contributed by atoms with E-state index in [2.05, 4.69) is 0 Å². The fourth-order valence-electron chi connectivity index (χ4n) is 3.06. The molecule has 0 spiro atoms. The molecule has 1 aromatic rings. The Hall–Kier alpha value is -1.05. The molecule has 8 heteroatoms. The number of ether oxygens (including phenoxy) is 2. The molecule has 25 heavy (non-hydrogen) atoms. The fourth-order valence-corrected chi connectivity index (χ4v) is 3.06. The van der Waals surface area contributed by atoms with E-state index in [1.807, 2.05) is 0 Å². The van der Waals surface area contributed by atoms with Crippen molar-refractivity contribution in [3.8, 4) is 11.5 Å². The molecule has 0 aromatic heterocycles. The number of carbonyl (C=O) groups excluding carboxylic acids is 1. The molecule has 0 saturated carbocycles. The summed E-state index contributed by atoms with van der Waals surface area (Å²) in [5, 5.41) is 8.98. The van der Waals surface area contributed by atoms with Crippen molar-refractivity contribution < 1.29 is 54.0 Å². The first-order valence-corrected chi connectivity index (χ1v) is 8.21. The van der Waals surface area contributed by atoms with Crippen LogP contribution >= 0.6 is 0 Å². The zero-order chi connectivity index (χ0) is 16.7. The summed E-state index contributed by atoms with van der Waals surface area (Å²) in [5.41, 5.74) is 0.673. The summed E-state index contributed by atoms with van der Waals surface area (Å²) in [6, 6.07) is 5.32. The molecule has 0 atom stereocenters. The largest absolute Gasteiger partial charge is 1.00 e. The number of Topliss-reactive ketones (excluding diaryl/α,β-unsaturated/α-hetero) is 1. The minimum atomic E-state index is 0. The number of methoxy groups -OCH3 is 2. The smallest absolute Gasteiger partial charge is 0.168 e. The van der Waals surface area contributed by atoms with Crippen molar-refractivity contribution in [3.63, 3.8) is 0 Å². The van der Waals surface area contributed by atoms with Crippen LogP contribution in [0.4, 0.5) is 0 Å². The number of aliphatic hydroxyl groups is 1. The molecule has 0 unspecified atom stereocenters. The Balaban J connectivity index is 0.00000288. The van der Waals surface area contributed by atoms with Gasteiger partial charge in [0.25, 0.3) is 0 Å². The number of carbonyl (C=O) groups is 1. The fraction of sp³-hybridized carbons (Fsp3) is 0.588. The molecule has 1 aromatic carbocycles. The van der Waals surface area contributed by atoms with Crippen LogP contribution in [0.3, 0.4) is 0 Å². The van der Waals surface area contributed by atoms with E-state index in [9.17, 15) is 4.79 Å². The van der Waals surface area contributed by atoms with Gasteiger partial charge in [0, 0.05) is 5.56 Å². The van der Waals surface area contributed by atoms with Crippen molar-refractivity contribution in [2.45, 2.75) is 6.42 Å². The van der Waals surface area contributed by atoms with Crippen LogP contribution in [0.15, 0.2) is 18.2 Å². The summed E-state index contributed by atoms with van der Waals surface area (Å²) in [5.74, 6) is 1.37. The van der Waals surface area contributed by atoms with Crippen molar-refractivity contribution >= 4 is 5.78 Å². The van der Waals surface area contributed by atoms with E-state index in [4.69, 9.17) is 14.6 Å². The molecule has 1 aliphatic rings. The maximum atomic E-state index is 12.4. The van der Waals surface area contributed by atoms with Gasteiger partial charge in [0.1, 0.15) is 32.7 Å². The zero-order valence-electron chi connectivity index (χ0n) is 14.8. The third-order valence-electron chi connectivity index (χ3n) is 4.54. The molecule has 3 N–H and O–H groups in total. The highest BCUT2D eigenvalue weighted by Crippen LogP contribution is 2.27. The molecule has 6 nitrogen and oxygen atoms in total. The predicted molar refractivity (Wildman–Crippen MR) is 86.7 cm³/mol. The van der Waals surface area contributed by atoms with Gasteiger partial charge in [0.2, 0.25) is 0 Å². The number of quaternary nitrogens is 2. The molecule has 1 aliphatic heterocycles. The summed E-state index contributed by atoms with van der Waals surface area (Å²) in [6.45, 7) is 6.21. The average Bonchev–Trinajstić information content (AvgIpc) is 2.60. The first kappa shape index (κ1) is 23.9. The Labute approximate surface area is 161 Å². The highest BCUT2D eigenvalue weighted by atomic mass is 35.5. The quantitative estimate of drug-likeness (QED) is 0.383. The molecular formula is C17H28Cl2N2O4. The Morgan fingerprint density at radius 3 is 2.08 bits per heavy atom. The minimum Gasteiger partial charge on any atom is -1.00 e. The van der Waals surface area contributed by atoms with Crippen LogP contribution in [-0.4, -0.2) is 71.0 Å². The van der Waals surface area contributed by atoms with Crippen LogP contribution in [0.2, 0.25) is 0 Å². The zero-order valence-corrected chi connectivity index (χ0v) is 16.3. The highest BCUT2D eigenvalue weighted by molar-refractivity contribution is 5.96. The van der Waals surface area contributed by atoms with Crippen LogP contribution in [0.5, 0.6) is 11.5 Å². The minimum absolute atomic E-state index is 0. The highest BCUT2D eigenvalue weighted by Gasteiger charge is 2.23. The SMILES string of the molecule is COc1ccc(C(=O)CC[NH+]2CC[NH+](CCO)CC2)cc1OC.[Cl-].[Cl-].